The average Bonchev–Trinajstić information content (AvgIpc) is 2.02. The predicted molar refractivity (Wildman–Crippen MR) is 46.7 cm³/mol. The summed E-state index contributed by atoms with van der Waals surface area (Å²) in [6, 6.07) is 0. The molecule has 12 heavy (non-hydrogen) atoms. The SMILES string of the molecule is C=C(C)C(=O)OC(C)C(O)CC. The molecule has 0 aromatic carbocycles. The number of carbonyl (C=O) groups is 1. The second-order valence-electron chi connectivity index (χ2n) is 2.87. The van der Waals surface area contributed by atoms with E-state index in [1.54, 1.807) is 13.8 Å². The van der Waals surface area contributed by atoms with Gasteiger partial charge in [-0.05, 0) is 20.3 Å². The maximum Gasteiger partial charge on any atom is 0.333 e. The number of carbonyl (C=O) groups excluding carboxylic acids is 1. The summed E-state index contributed by atoms with van der Waals surface area (Å²) in [6.07, 6.45) is -0.475. The number of ether oxygens (including phenoxy) is 1. The minimum Gasteiger partial charge on any atom is -0.457 e. The second kappa shape index (κ2) is 4.93. The summed E-state index contributed by atoms with van der Waals surface area (Å²) in [5.41, 5.74) is 0.352. The first-order valence-corrected chi connectivity index (χ1v) is 4.03. The highest BCUT2D eigenvalue weighted by Crippen LogP contribution is 2.05. The van der Waals surface area contributed by atoms with Gasteiger partial charge in [0.2, 0.25) is 0 Å². The summed E-state index contributed by atoms with van der Waals surface area (Å²) in [7, 11) is 0. The van der Waals surface area contributed by atoms with Gasteiger partial charge in [-0.2, -0.15) is 0 Å². The molecule has 0 aromatic rings. The highest BCUT2D eigenvalue weighted by molar-refractivity contribution is 5.87. The molecule has 0 radical (unpaired) electrons. The van der Waals surface area contributed by atoms with Crippen LogP contribution in [0.3, 0.4) is 0 Å². The number of aliphatic hydroxyl groups excluding tert-OH is 1. The van der Waals surface area contributed by atoms with E-state index in [1.165, 1.54) is 0 Å². The molecular formula is C9H16O3. The topological polar surface area (TPSA) is 46.5 Å². The first kappa shape index (κ1) is 11.2. The Labute approximate surface area is 73.0 Å². The van der Waals surface area contributed by atoms with E-state index < -0.39 is 18.2 Å². The lowest BCUT2D eigenvalue weighted by Gasteiger charge is -2.17. The molecule has 0 saturated carbocycles. The average molecular weight is 172 g/mol. The second-order valence-corrected chi connectivity index (χ2v) is 2.87. The van der Waals surface area contributed by atoms with Crippen molar-refractivity contribution in [1.82, 2.24) is 0 Å². The van der Waals surface area contributed by atoms with Crippen molar-refractivity contribution in [2.45, 2.75) is 39.4 Å². The van der Waals surface area contributed by atoms with Gasteiger partial charge in [-0.1, -0.05) is 13.5 Å². The van der Waals surface area contributed by atoms with E-state index in [9.17, 15) is 9.90 Å². The smallest absolute Gasteiger partial charge is 0.333 e. The highest BCUT2D eigenvalue weighted by atomic mass is 16.6. The number of rotatable bonds is 4. The lowest BCUT2D eigenvalue weighted by atomic mass is 10.2. The molecule has 0 aromatic heterocycles. The predicted octanol–water partition coefficient (Wildman–Crippen LogP) is 1.27. The highest BCUT2D eigenvalue weighted by Gasteiger charge is 2.16. The van der Waals surface area contributed by atoms with E-state index >= 15 is 0 Å². The lowest BCUT2D eigenvalue weighted by molar-refractivity contribution is -0.148. The van der Waals surface area contributed by atoms with Crippen LogP contribution >= 0.6 is 0 Å². The van der Waals surface area contributed by atoms with Crippen LogP contribution in [-0.4, -0.2) is 23.3 Å². The van der Waals surface area contributed by atoms with Gasteiger partial charge in [0.15, 0.2) is 0 Å². The Bertz CT molecular complexity index is 175. The summed E-state index contributed by atoms with van der Waals surface area (Å²) in [4.78, 5) is 10.9. The molecule has 2 atom stereocenters. The summed E-state index contributed by atoms with van der Waals surface area (Å²) < 4.78 is 4.88. The van der Waals surface area contributed by atoms with Gasteiger partial charge >= 0.3 is 5.97 Å². The fourth-order valence-electron chi connectivity index (χ4n) is 0.680. The molecule has 0 fully saturated rings. The Hall–Kier alpha value is -0.830. The van der Waals surface area contributed by atoms with Gasteiger partial charge in [-0.15, -0.1) is 0 Å². The standard InChI is InChI=1S/C9H16O3/c1-5-8(10)7(4)12-9(11)6(2)3/h7-8,10H,2,5H2,1,3-4H3. The zero-order valence-corrected chi connectivity index (χ0v) is 7.83. The quantitative estimate of drug-likeness (QED) is 0.513. The first-order valence-electron chi connectivity index (χ1n) is 4.03. The summed E-state index contributed by atoms with van der Waals surface area (Å²) >= 11 is 0. The molecule has 0 spiro atoms. The van der Waals surface area contributed by atoms with Crippen molar-refractivity contribution in [2.24, 2.45) is 0 Å². The molecule has 0 amide bonds. The molecule has 3 nitrogen and oxygen atoms in total. The maximum atomic E-state index is 10.9. The Morgan fingerprint density at radius 2 is 2.17 bits per heavy atom. The van der Waals surface area contributed by atoms with Gasteiger partial charge in [0.25, 0.3) is 0 Å². The van der Waals surface area contributed by atoms with Crippen LogP contribution in [0.2, 0.25) is 0 Å². The van der Waals surface area contributed by atoms with Crippen LogP contribution in [0.25, 0.3) is 0 Å². The van der Waals surface area contributed by atoms with Crippen molar-refractivity contribution in [3.63, 3.8) is 0 Å². The molecule has 1 N–H and O–H groups in total. The fourth-order valence-corrected chi connectivity index (χ4v) is 0.680. The Balaban J connectivity index is 3.92. The Kier molecular flexibility index (Phi) is 4.59. The number of hydrogen-bond donors (Lipinski definition) is 1. The number of aliphatic hydroxyl groups is 1. The van der Waals surface area contributed by atoms with Gasteiger partial charge in [0.1, 0.15) is 6.10 Å². The van der Waals surface area contributed by atoms with Crippen LogP contribution in [0.1, 0.15) is 27.2 Å². The largest absolute Gasteiger partial charge is 0.457 e. The normalized spacial score (nSPS) is 15.0. The monoisotopic (exact) mass is 172 g/mol. The van der Waals surface area contributed by atoms with E-state index in [1.807, 2.05) is 6.92 Å². The fraction of sp³-hybridized carbons (Fsp3) is 0.667. The molecule has 70 valence electrons. The number of hydrogen-bond acceptors (Lipinski definition) is 3. The molecule has 0 bridgehead atoms. The molecule has 0 aliphatic heterocycles. The maximum absolute atomic E-state index is 10.9. The minimum absolute atomic E-state index is 0.352. The molecule has 0 aliphatic carbocycles. The van der Waals surface area contributed by atoms with E-state index in [2.05, 4.69) is 6.58 Å². The van der Waals surface area contributed by atoms with Crippen molar-refractivity contribution < 1.29 is 14.6 Å². The van der Waals surface area contributed by atoms with Crippen molar-refractivity contribution in [3.8, 4) is 0 Å². The Morgan fingerprint density at radius 3 is 2.50 bits per heavy atom. The van der Waals surface area contributed by atoms with Crippen LogP contribution in [0.15, 0.2) is 12.2 Å². The van der Waals surface area contributed by atoms with E-state index in [-0.39, 0.29) is 0 Å². The van der Waals surface area contributed by atoms with Gasteiger partial charge in [0.05, 0.1) is 6.10 Å². The Morgan fingerprint density at radius 1 is 1.67 bits per heavy atom. The molecule has 0 saturated heterocycles. The van der Waals surface area contributed by atoms with E-state index in [0.29, 0.717) is 12.0 Å². The molecule has 0 heterocycles. The summed E-state index contributed by atoms with van der Waals surface area (Å²) in [5.74, 6) is -0.449. The third-order valence-electron chi connectivity index (χ3n) is 1.60. The third-order valence-corrected chi connectivity index (χ3v) is 1.60. The lowest BCUT2D eigenvalue weighted by Crippen LogP contribution is -2.28. The molecule has 0 rings (SSSR count). The van der Waals surface area contributed by atoms with E-state index in [0.717, 1.165) is 0 Å². The number of esters is 1. The first-order chi connectivity index (χ1) is 5.49. The summed E-state index contributed by atoms with van der Waals surface area (Å²) in [6.45, 7) is 8.50. The van der Waals surface area contributed by atoms with E-state index in [4.69, 9.17) is 4.74 Å². The van der Waals surface area contributed by atoms with Gasteiger partial charge in [0, 0.05) is 5.57 Å². The van der Waals surface area contributed by atoms with Crippen LogP contribution in [0.5, 0.6) is 0 Å². The zero-order chi connectivity index (χ0) is 9.72. The van der Waals surface area contributed by atoms with Crippen molar-refractivity contribution in [1.29, 1.82) is 0 Å². The van der Waals surface area contributed by atoms with Crippen LogP contribution in [0.4, 0.5) is 0 Å². The molecule has 3 heteroatoms. The van der Waals surface area contributed by atoms with Crippen LogP contribution < -0.4 is 0 Å². The molecule has 0 aliphatic rings. The molecule has 2 unspecified atom stereocenters. The zero-order valence-electron chi connectivity index (χ0n) is 7.83. The van der Waals surface area contributed by atoms with Gasteiger partial charge in [-0.25, -0.2) is 4.79 Å². The minimum atomic E-state index is -0.590. The van der Waals surface area contributed by atoms with Crippen molar-refractivity contribution in [3.05, 3.63) is 12.2 Å². The van der Waals surface area contributed by atoms with Crippen LogP contribution in [0, 0.1) is 0 Å². The summed E-state index contributed by atoms with van der Waals surface area (Å²) in [5, 5.41) is 9.25. The van der Waals surface area contributed by atoms with Crippen LogP contribution in [-0.2, 0) is 9.53 Å². The van der Waals surface area contributed by atoms with Gasteiger partial charge in [-0.3, -0.25) is 0 Å². The van der Waals surface area contributed by atoms with Gasteiger partial charge < -0.3 is 9.84 Å². The van der Waals surface area contributed by atoms with Crippen molar-refractivity contribution in [2.75, 3.05) is 0 Å². The molecular weight excluding hydrogens is 156 g/mol. The van der Waals surface area contributed by atoms with Crippen molar-refractivity contribution >= 4 is 5.97 Å². The third kappa shape index (κ3) is 3.53.